The molecule has 1 heterocycles. The molecule has 1 N–H and O–H groups in total. The second-order valence-electron chi connectivity index (χ2n) is 4.86. The molecule has 1 aromatic rings. The van der Waals surface area contributed by atoms with Gasteiger partial charge in [0.1, 0.15) is 0 Å². The van der Waals surface area contributed by atoms with E-state index in [4.69, 9.17) is 0 Å². The van der Waals surface area contributed by atoms with Crippen molar-refractivity contribution in [2.45, 2.75) is 32.2 Å². The lowest BCUT2D eigenvalue weighted by Gasteiger charge is -2.32. The number of hydrogen-bond acceptors (Lipinski definition) is 2. The first-order valence-electron chi connectivity index (χ1n) is 6.87. The highest BCUT2D eigenvalue weighted by molar-refractivity contribution is 5.82. The number of benzene rings is 1. The number of amides is 1. The first-order chi connectivity index (χ1) is 8.81. The predicted molar refractivity (Wildman–Crippen MR) is 73.4 cm³/mol. The van der Waals surface area contributed by atoms with Gasteiger partial charge in [0.2, 0.25) is 5.91 Å². The Kier molecular flexibility index (Phi) is 4.76. The smallest absolute Gasteiger partial charge is 0.239 e. The Morgan fingerprint density at radius 2 is 2.06 bits per heavy atom. The summed E-state index contributed by atoms with van der Waals surface area (Å²) in [5.41, 5.74) is 1.30. The van der Waals surface area contributed by atoms with E-state index in [0.29, 0.717) is 0 Å². The second-order valence-corrected chi connectivity index (χ2v) is 4.86. The van der Waals surface area contributed by atoms with E-state index in [1.54, 1.807) is 0 Å². The Bertz CT molecular complexity index is 373. The molecule has 1 atom stereocenters. The Labute approximate surface area is 109 Å². The molecule has 1 fully saturated rings. The van der Waals surface area contributed by atoms with Gasteiger partial charge in [-0.15, -0.1) is 0 Å². The number of carbonyl (C=O) groups excluding carboxylic acids is 1. The first-order valence-corrected chi connectivity index (χ1v) is 6.87. The van der Waals surface area contributed by atoms with Gasteiger partial charge in [0.25, 0.3) is 0 Å². The van der Waals surface area contributed by atoms with Gasteiger partial charge in [-0.1, -0.05) is 37.3 Å². The van der Waals surface area contributed by atoms with Crippen molar-refractivity contribution >= 4 is 5.91 Å². The minimum atomic E-state index is 0.0762. The van der Waals surface area contributed by atoms with Gasteiger partial charge in [-0.2, -0.15) is 0 Å². The Morgan fingerprint density at radius 1 is 1.33 bits per heavy atom. The number of carbonyl (C=O) groups is 1. The monoisotopic (exact) mass is 246 g/mol. The SMILES string of the molecule is CCCN(CCc1ccccc1)C(=O)C1CCN1. The Hall–Kier alpha value is -1.35. The van der Waals surface area contributed by atoms with Crippen LogP contribution in [0.25, 0.3) is 0 Å². The van der Waals surface area contributed by atoms with Gasteiger partial charge in [-0.25, -0.2) is 0 Å². The molecular formula is C15H22N2O. The van der Waals surface area contributed by atoms with E-state index in [1.165, 1.54) is 5.56 Å². The van der Waals surface area contributed by atoms with Crippen LogP contribution >= 0.6 is 0 Å². The molecule has 1 unspecified atom stereocenters. The lowest BCUT2D eigenvalue weighted by Crippen LogP contribution is -2.54. The van der Waals surface area contributed by atoms with Crippen LogP contribution < -0.4 is 5.32 Å². The van der Waals surface area contributed by atoms with Crippen LogP contribution in [0.15, 0.2) is 30.3 Å². The number of nitrogens with zero attached hydrogens (tertiary/aromatic N) is 1. The summed E-state index contributed by atoms with van der Waals surface area (Å²) in [5, 5.41) is 3.19. The van der Waals surface area contributed by atoms with Crippen LogP contribution in [-0.4, -0.2) is 36.5 Å². The third-order valence-corrected chi connectivity index (χ3v) is 3.44. The van der Waals surface area contributed by atoms with Crippen molar-refractivity contribution < 1.29 is 4.79 Å². The van der Waals surface area contributed by atoms with Gasteiger partial charge >= 0.3 is 0 Å². The van der Waals surface area contributed by atoms with E-state index >= 15 is 0 Å². The lowest BCUT2D eigenvalue weighted by atomic mass is 10.1. The van der Waals surface area contributed by atoms with Crippen molar-refractivity contribution in [2.24, 2.45) is 0 Å². The van der Waals surface area contributed by atoms with Crippen LogP contribution in [0.5, 0.6) is 0 Å². The summed E-state index contributed by atoms with van der Waals surface area (Å²) in [6, 6.07) is 10.4. The summed E-state index contributed by atoms with van der Waals surface area (Å²) in [7, 11) is 0. The molecule has 1 aliphatic heterocycles. The molecule has 0 spiro atoms. The Balaban J connectivity index is 1.87. The van der Waals surface area contributed by atoms with Crippen molar-refractivity contribution in [2.75, 3.05) is 19.6 Å². The van der Waals surface area contributed by atoms with E-state index in [0.717, 1.165) is 38.9 Å². The van der Waals surface area contributed by atoms with Crippen LogP contribution in [0.2, 0.25) is 0 Å². The van der Waals surface area contributed by atoms with Gasteiger partial charge in [-0.3, -0.25) is 4.79 Å². The maximum absolute atomic E-state index is 12.2. The third-order valence-electron chi connectivity index (χ3n) is 3.44. The molecular weight excluding hydrogens is 224 g/mol. The largest absolute Gasteiger partial charge is 0.341 e. The average Bonchev–Trinajstić information content (AvgIpc) is 2.33. The van der Waals surface area contributed by atoms with Crippen molar-refractivity contribution in [1.82, 2.24) is 10.2 Å². The maximum Gasteiger partial charge on any atom is 0.239 e. The van der Waals surface area contributed by atoms with E-state index in [2.05, 4.69) is 36.5 Å². The molecule has 3 nitrogen and oxygen atoms in total. The van der Waals surface area contributed by atoms with E-state index in [9.17, 15) is 4.79 Å². The number of rotatable bonds is 6. The standard InChI is InChI=1S/C15H22N2O/c1-2-11-17(15(18)14-8-10-16-14)12-9-13-6-4-3-5-7-13/h3-7,14,16H,2,8-12H2,1H3. The molecule has 0 bridgehead atoms. The average molecular weight is 246 g/mol. The molecule has 18 heavy (non-hydrogen) atoms. The summed E-state index contributed by atoms with van der Waals surface area (Å²) in [6.07, 6.45) is 2.96. The lowest BCUT2D eigenvalue weighted by molar-refractivity contribution is -0.135. The molecule has 1 saturated heterocycles. The molecule has 0 radical (unpaired) electrons. The zero-order valence-electron chi connectivity index (χ0n) is 11.1. The Morgan fingerprint density at radius 3 is 2.61 bits per heavy atom. The molecule has 3 heteroatoms. The zero-order valence-corrected chi connectivity index (χ0v) is 11.1. The normalized spacial score (nSPS) is 18.2. The number of hydrogen-bond donors (Lipinski definition) is 1. The van der Waals surface area contributed by atoms with Gasteiger partial charge < -0.3 is 10.2 Å². The molecule has 0 aromatic heterocycles. The minimum Gasteiger partial charge on any atom is -0.341 e. The highest BCUT2D eigenvalue weighted by atomic mass is 16.2. The predicted octanol–water partition coefficient (Wildman–Crippen LogP) is 1.83. The maximum atomic E-state index is 12.2. The fourth-order valence-corrected chi connectivity index (χ4v) is 2.23. The van der Waals surface area contributed by atoms with Crippen LogP contribution in [0.1, 0.15) is 25.3 Å². The van der Waals surface area contributed by atoms with Crippen molar-refractivity contribution in [3.05, 3.63) is 35.9 Å². The summed E-state index contributed by atoms with van der Waals surface area (Å²) in [6.45, 7) is 4.80. The third kappa shape index (κ3) is 3.33. The zero-order chi connectivity index (χ0) is 12.8. The summed E-state index contributed by atoms with van der Waals surface area (Å²) in [4.78, 5) is 14.2. The van der Waals surface area contributed by atoms with E-state index < -0.39 is 0 Å². The fraction of sp³-hybridized carbons (Fsp3) is 0.533. The van der Waals surface area contributed by atoms with Gasteiger partial charge in [-0.05, 0) is 31.4 Å². The van der Waals surface area contributed by atoms with Gasteiger partial charge in [0.05, 0.1) is 6.04 Å². The van der Waals surface area contributed by atoms with Crippen molar-refractivity contribution in [1.29, 1.82) is 0 Å². The van der Waals surface area contributed by atoms with Crippen LogP contribution in [-0.2, 0) is 11.2 Å². The van der Waals surface area contributed by atoms with Crippen LogP contribution in [0, 0.1) is 0 Å². The van der Waals surface area contributed by atoms with Crippen LogP contribution in [0.3, 0.4) is 0 Å². The minimum absolute atomic E-state index is 0.0762. The molecule has 0 saturated carbocycles. The highest BCUT2D eigenvalue weighted by Gasteiger charge is 2.28. The molecule has 0 aliphatic carbocycles. The first kappa shape index (κ1) is 13.1. The fourth-order valence-electron chi connectivity index (χ4n) is 2.23. The molecule has 2 rings (SSSR count). The van der Waals surface area contributed by atoms with E-state index in [1.807, 2.05) is 11.0 Å². The van der Waals surface area contributed by atoms with Crippen LogP contribution in [0.4, 0.5) is 0 Å². The number of nitrogens with one attached hydrogen (secondary N) is 1. The summed E-state index contributed by atoms with van der Waals surface area (Å²) in [5.74, 6) is 0.277. The van der Waals surface area contributed by atoms with Gasteiger partial charge in [0, 0.05) is 13.1 Å². The summed E-state index contributed by atoms with van der Waals surface area (Å²) < 4.78 is 0. The molecule has 1 aromatic carbocycles. The molecule has 1 aliphatic rings. The topological polar surface area (TPSA) is 32.3 Å². The highest BCUT2D eigenvalue weighted by Crippen LogP contribution is 2.09. The van der Waals surface area contributed by atoms with E-state index in [-0.39, 0.29) is 11.9 Å². The second kappa shape index (κ2) is 6.55. The molecule has 98 valence electrons. The molecule has 1 amide bonds. The van der Waals surface area contributed by atoms with Gasteiger partial charge in [0.15, 0.2) is 0 Å². The quantitative estimate of drug-likeness (QED) is 0.830. The van der Waals surface area contributed by atoms with Crippen molar-refractivity contribution in [3.8, 4) is 0 Å². The van der Waals surface area contributed by atoms with Crippen molar-refractivity contribution in [3.63, 3.8) is 0 Å². The summed E-state index contributed by atoms with van der Waals surface area (Å²) >= 11 is 0.